The number of fused-ring (bicyclic) bond motifs is 1. The van der Waals surface area contributed by atoms with Gasteiger partial charge in [0.25, 0.3) is 5.91 Å². The second-order valence-electron chi connectivity index (χ2n) is 5.38. The predicted octanol–water partition coefficient (Wildman–Crippen LogP) is 2.94. The maximum Gasteiger partial charge on any atom is 0.257 e. The molecule has 1 aliphatic heterocycles. The lowest BCUT2D eigenvalue weighted by Gasteiger charge is -2.09. The molecule has 0 unspecified atom stereocenters. The number of nitrogens with one attached hydrogen (secondary N) is 1. The molecule has 1 amide bonds. The number of carbonyl (C=O) groups excluding carboxylic acids is 1. The summed E-state index contributed by atoms with van der Waals surface area (Å²) in [6, 6.07) is 9.79. The topological polar surface area (TPSA) is 54.4 Å². The summed E-state index contributed by atoms with van der Waals surface area (Å²) in [6.07, 6.45) is 2.35. The summed E-state index contributed by atoms with van der Waals surface area (Å²) in [4.78, 5) is 21.6. The number of amides is 1. The molecule has 4 rings (SSSR count). The van der Waals surface area contributed by atoms with Crippen molar-refractivity contribution in [3.63, 3.8) is 0 Å². The average molecular weight is 297 g/mol. The van der Waals surface area contributed by atoms with E-state index in [9.17, 15) is 4.79 Å². The molecule has 0 spiro atoms. The number of pyridine rings is 1. The first kappa shape index (κ1) is 12.8. The SMILES string of the molecule is O=C(NC1=NCCS1)c1cc(C2CC2)nc2ccccc12. The first-order valence-electron chi connectivity index (χ1n) is 7.19. The van der Waals surface area contributed by atoms with Gasteiger partial charge in [-0.05, 0) is 25.0 Å². The van der Waals surface area contributed by atoms with Gasteiger partial charge in [0, 0.05) is 22.8 Å². The lowest BCUT2D eigenvalue weighted by atomic mass is 10.1. The highest BCUT2D eigenvalue weighted by Gasteiger charge is 2.27. The molecule has 1 saturated carbocycles. The van der Waals surface area contributed by atoms with Crippen LogP contribution in [0.15, 0.2) is 35.3 Å². The van der Waals surface area contributed by atoms with E-state index in [-0.39, 0.29) is 5.91 Å². The second kappa shape index (κ2) is 5.15. The molecular weight excluding hydrogens is 282 g/mol. The Morgan fingerprint density at radius 2 is 2.14 bits per heavy atom. The Morgan fingerprint density at radius 1 is 1.29 bits per heavy atom. The molecule has 2 aromatic rings. The Balaban J connectivity index is 1.76. The van der Waals surface area contributed by atoms with Gasteiger partial charge in [0.2, 0.25) is 0 Å². The van der Waals surface area contributed by atoms with E-state index >= 15 is 0 Å². The number of benzene rings is 1. The van der Waals surface area contributed by atoms with E-state index in [1.807, 2.05) is 30.3 Å². The predicted molar refractivity (Wildman–Crippen MR) is 85.9 cm³/mol. The summed E-state index contributed by atoms with van der Waals surface area (Å²) >= 11 is 1.60. The van der Waals surface area contributed by atoms with Gasteiger partial charge in [-0.15, -0.1) is 0 Å². The number of rotatable bonds is 2. The maximum absolute atomic E-state index is 12.6. The molecular formula is C16H15N3OS. The minimum absolute atomic E-state index is 0.0800. The Morgan fingerprint density at radius 3 is 2.90 bits per heavy atom. The van der Waals surface area contributed by atoms with Gasteiger partial charge in [-0.1, -0.05) is 30.0 Å². The van der Waals surface area contributed by atoms with Crippen molar-refractivity contribution in [2.24, 2.45) is 4.99 Å². The van der Waals surface area contributed by atoms with Crippen molar-refractivity contribution in [2.75, 3.05) is 12.3 Å². The first-order chi connectivity index (χ1) is 10.3. The largest absolute Gasteiger partial charge is 0.301 e. The molecule has 0 atom stereocenters. The van der Waals surface area contributed by atoms with Gasteiger partial charge in [0.1, 0.15) is 0 Å². The smallest absolute Gasteiger partial charge is 0.257 e. The zero-order valence-corrected chi connectivity index (χ0v) is 12.3. The van der Waals surface area contributed by atoms with Crippen molar-refractivity contribution in [1.82, 2.24) is 10.3 Å². The van der Waals surface area contributed by atoms with Crippen LogP contribution in [0.2, 0.25) is 0 Å². The van der Waals surface area contributed by atoms with E-state index in [1.54, 1.807) is 11.8 Å². The van der Waals surface area contributed by atoms with Crippen LogP contribution < -0.4 is 5.32 Å². The second-order valence-corrected chi connectivity index (χ2v) is 6.46. The van der Waals surface area contributed by atoms with Crippen molar-refractivity contribution < 1.29 is 4.79 Å². The van der Waals surface area contributed by atoms with Crippen LogP contribution in [0.5, 0.6) is 0 Å². The number of carbonyl (C=O) groups is 1. The number of aromatic nitrogens is 1. The fraction of sp³-hybridized carbons (Fsp3) is 0.312. The standard InChI is InChI=1S/C16H15N3OS/c20-15(19-16-17-7-8-21-16)12-9-14(10-5-6-10)18-13-4-2-1-3-11(12)13/h1-4,9-10H,5-8H2,(H,17,19,20). The minimum atomic E-state index is -0.0800. The van der Waals surface area contributed by atoms with Crippen molar-refractivity contribution in [2.45, 2.75) is 18.8 Å². The molecule has 0 radical (unpaired) electrons. The summed E-state index contributed by atoms with van der Waals surface area (Å²) in [5, 5.41) is 4.56. The van der Waals surface area contributed by atoms with E-state index in [4.69, 9.17) is 4.98 Å². The van der Waals surface area contributed by atoms with Crippen LogP contribution in [0.4, 0.5) is 0 Å². The van der Waals surface area contributed by atoms with Crippen molar-refractivity contribution in [3.05, 3.63) is 41.6 Å². The van der Waals surface area contributed by atoms with Crippen LogP contribution in [0.1, 0.15) is 34.8 Å². The maximum atomic E-state index is 12.6. The highest BCUT2D eigenvalue weighted by molar-refractivity contribution is 8.14. The van der Waals surface area contributed by atoms with Gasteiger partial charge in [0.15, 0.2) is 5.17 Å². The molecule has 2 heterocycles. The molecule has 1 aromatic carbocycles. The van der Waals surface area contributed by atoms with Crippen LogP contribution in [0.25, 0.3) is 10.9 Å². The number of para-hydroxylation sites is 1. The summed E-state index contributed by atoms with van der Waals surface area (Å²) in [5.74, 6) is 1.39. The van der Waals surface area contributed by atoms with Crippen LogP contribution in [-0.2, 0) is 0 Å². The van der Waals surface area contributed by atoms with Gasteiger partial charge in [0.05, 0.1) is 17.6 Å². The number of aliphatic imine (C=N–C) groups is 1. The molecule has 1 aromatic heterocycles. The van der Waals surface area contributed by atoms with Crippen LogP contribution in [0.3, 0.4) is 0 Å². The zero-order chi connectivity index (χ0) is 14.2. The average Bonchev–Trinajstić information content (AvgIpc) is 3.24. The highest BCUT2D eigenvalue weighted by atomic mass is 32.2. The van der Waals surface area contributed by atoms with E-state index < -0.39 is 0 Å². The lowest BCUT2D eigenvalue weighted by Crippen LogP contribution is -2.27. The Kier molecular flexibility index (Phi) is 3.15. The molecule has 21 heavy (non-hydrogen) atoms. The van der Waals surface area contributed by atoms with Crippen molar-refractivity contribution in [1.29, 1.82) is 0 Å². The molecule has 1 fully saturated rings. The third-order valence-corrected chi connectivity index (χ3v) is 4.67. The summed E-state index contributed by atoms with van der Waals surface area (Å²) in [6.45, 7) is 0.782. The number of thioether (sulfide) groups is 1. The highest BCUT2D eigenvalue weighted by Crippen LogP contribution is 2.40. The van der Waals surface area contributed by atoms with E-state index in [2.05, 4.69) is 10.3 Å². The first-order valence-corrected chi connectivity index (χ1v) is 8.18. The summed E-state index contributed by atoms with van der Waals surface area (Å²) in [5.41, 5.74) is 2.64. The monoisotopic (exact) mass is 297 g/mol. The molecule has 1 aliphatic carbocycles. The van der Waals surface area contributed by atoms with Crippen molar-refractivity contribution >= 4 is 33.7 Å². The quantitative estimate of drug-likeness (QED) is 0.927. The van der Waals surface area contributed by atoms with Crippen LogP contribution in [0, 0.1) is 0 Å². The molecule has 106 valence electrons. The molecule has 0 saturated heterocycles. The van der Waals surface area contributed by atoms with E-state index in [0.29, 0.717) is 11.5 Å². The van der Waals surface area contributed by atoms with Crippen LogP contribution in [-0.4, -0.2) is 28.4 Å². The molecule has 4 nitrogen and oxygen atoms in total. The summed E-state index contributed by atoms with van der Waals surface area (Å²) < 4.78 is 0. The normalized spacial score (nSPS) is 17.8. The van der Waals surface area contributed by atoms with E-state index in [1.165, 1.54) is 12.8 Å². The zero-order valence-electron chi connectivity index (χ0n) is 11.5. The third-order valence-electron chi connectivity index (χ3n) is 3.78. The van der Waals surface area contributed by atoms with E-state index in [0.717, 1.165) is 34.1 Å². The van der Waals surface area contributed by atoms with Crippen molar-refractivity contribution in [3.8, 4) is 0 Å². The van der Waals surface area contributed by atoms with Gasteiger partial charge in [-0.3, -0.25) is 14.8 Å². The fourth-order valence-corrected chi connectivity index (χ4v) is 3.27. The Labute approximate surface area is 127 Å². The minimum Gasteiger partial charge on any atom is -0.301 e. The van der Waals surface area contributed by atoms with Gasteiger partial charge in [-0.2, -0.15) is 0 Å². The van der Waals surface area contributed by atoms with Gasteiger partial charge < -0.3 is 5.32 Å². The Bertz CT molecular complexity index is 752. The summed E-state index contributed by atoms with van der Waals surface area (Å²) in [7, 11) is 0. The molecule has 2 aliphatic rings. The fourth-order valence-electron chi connectivity index (χ4n) is 2.55. The number of nitrogens with zero attached hydrogens (tertiary/aromatic N) is 2. The lowest BCUT2D eigenvalue weighted by molar-refractivity contribution is 0.0979. The Hall–Kier alpha value is -1.88. The van der Waals surface area contributed by atoms with Gasteiger partial charge in [-0.25, -0.2) is 0 Å². The number of hydrogen-bond donors (Lipinski definition) is 1. The third kappa shape index (κ3) is 2.53. The number of amidine groups is 1. The number of hydrogen-bond acceptors (Lipinski definition) is 4. The molecule has 5 heteroatoms. The van der Waals surface area contributed by atoms with Crippen LogP contribution >= 0.6 is 11.8 Å². The molecule has 1 N–H and O–H groups in total. The molecule has 0 bridgehead atoms. The van der Waals surface area contributed by atoms with Gasteiger partial charge >= 0.3 is 0 Å².